The normalized spacial score (nSPS) is 12.6. The molecule has 0 aliphatic rings. The van der Waals surface area contributed by atoms with Crippen LogP contribution in [0.4, 0.5) is 8.78 Å². The van der Waals surface area contributed by atoms with Crippen molar-refractivity contribution in [1.82, 2.24) is 15.1 Å². The molecule has 1 heterocycles. The quantitative estimate of drug-likeness (QED) is 0.901. The van der Waals surface area contributed by atoms with Gasteiger partial charge in [0.05, 0.1) is 11.7 Å². The zero-order chi connectivity index (χ0) is 13.8. The number of nitrogens with one attached hydrogen (secondary N) is 1. The molecule has 2 aromatic rings. The monoisotopic (exact) mass is 265 g/mol. The highest BCUT2D eigenvalue weighted by molar-refractivity contribution is 5.28. The van der Waals surface area contributed by atoms with Gasteiger partial charge >= 0.3 is 0 Å². The summed E-state index contributed by atoms with van der Waals surface area (Å²) in [6.45, 7) is 2.83. The van der Waals surface area contributed by atoms with Gasteiger partial charge in [0.25, 0.3) is 0 Å². The van der Waals surface area contributed by atoms with Gasteiger partial charge in [0, 0.05) is 18.8 Å². The van der Waals surface area contributed by atoms with E-state index in [1.165, 1.54) is 12.1 Å². The van der Waals surface area contributed by atoms with E-state index in [1.54, 1.807) is 13.2 Å². The lowest BCUT2D eigenvalue weighted by Gasteiger charge is -2.18. The van der Waals surface area contributed by atoms with Crippen LogP contribution in [0.1, 0.15) is 30.6 Å². The van der Waals surface area contributed by atoms with Crippen LogP contribution in [-0.2, 0) is 6.54 Å². The smallest absolute Gasteiger partial charge is 0.126 e. The Labute approximate surface area is 111 Å². The minimum Gasteiger partial charge on any atom is -0.308 e. The molecule has 2 rings (SSSR count). The first-order chi connectivity index (χ1) is 9.15. The van der Waals surface area contributed by atoms with Crippen molar-refractivity contribution in [2.45, 2.75) is 25.9 Å². The van der Waals surface area contributed by atoms with Crippen LogP contribution < -0.4 is 5.32 Å². The topological polar surface area (TPSA) is 29.9 Å². The van der Waals surface area contributed by atoms with Crippen molar-refractivity contribution in [3.8, 4) is 0 Å². The van der Waals surface area contributed by atoms with Crippen LogP contribution in [0.3, 0.4) is 0 Å². The Morgan fingerprint density at radius 2 is 1.95 bits per heavy atom. The van der Waals surface area contributed by atoms with E-state index in [9.17, 15) is 8.78 Å². The Morgan fingerprint density at radius 1 is 1.26 bits per heavy atom. The molecular formula is C14H17F2N3. The van der Waals surface area contributed by atoms with E-state index in [2.05, 4.69) is 17.3 Å². The predicted molar refractivity (Wildman–Crippen MR) is 69.8 cm³/mol. The first kappa shape index (κ1) is 13.7. The average molecular weight is 265 g/mol. The van der Waals surface area contributed by atoms with Gasteiger partial charge in [0.2, 0.25) is 0 Å². The van der Waals surface area contributed by atoms with Gasteiger partial charge in [-0.2, -0.15) is 5.10 Å². The highest BCUT2D eigenvalue weighted by Crippen LogP contribution is 2.23. The summed E-state index contributed by atoms with van der Waals surface area (Å²) in [6, 6.07) is 5.14. The molecule has 0 saturated carbocycles. The minimum atomic E-state index is -0.572. The summed E-state index contributed by atoms with van der Waals surface area (Å²) < 4.78 is 28.5. The maximum Gasteiger partial charge on any atom is 0.126 e. The van der Waals surface area contributed by atoms with Crippen molar-refractivity contribution in [3.05, 3.63) is 53.4 Å². The Balaban J connectivity index is 2.40. The first-order valence-electron chi connectivity index (χ1n) is 6.30. The van der Waals surface area contributed by atoms with Gasteiger partial charge in [-0.3, -0.25) is 4.68 Å². The number of hydrogen-bond acceptors (Lipinski definition) is 2. The molecule has 1 aromatic carbocycles. The van der Waals surface area contributed by atoms with Gasteiger partial charge < -0.3 is 5.32 Å². The van der Waals surface area contributed by atoms with Crippen LogP contribution in [0.5, 0.6) is 0 Å². The van der Waals surface area contributed by atoms with Crippen molar-refractivity contribution < 1.29 is 8.78 Å². The zero-order valence-corrected chi connectivity index (χ0v) is 11.0. The second kappa shape index (κ2) is 5.93. The second-order valence-corrected chi connectivity index (χ2v) is 4.40. The molecule has 1 atom stereocenters. The molecule has 0 bridgehead atoms. The van der Waals surface area contributed by atoms with Crippen molar-refractivity contribution in [3.63, 3.8) is 0 Å². The standard InChI is InChI=1S/C14H17F2N3/c1-3-6-19-13(4-5-18-19)14(17-2)10-7-11(15)9-12(16)8-10/h4-5,7-9,14,17H,3,6H2,1-2H3. The number of nitrogens with zero attached hydrogens (tertiary/aromatic N) is 2. The number of benzene rings is 1. The molecular weight excluding hydrogens is 248 g/mol. The molecule has 1 unspecified atom stereocenters. The number of hydrogen-bond donors (Lipinski definition) is 1. The third-order valence-corrected chi connectivity index (χ3v) is 2.99. The Bertz CT molecular complexity index is 531. The van der Waals surface area contributed by atoms with Crippen molar-refractivity contribution in [1.29, 1.82) is 0 Å². The van der Waals surface area contributed by atoms with E-state index >= 15 is 0 Å². The molecule has 5 heteroatoms. The number of rotatable bonds is 5. The molecule has 19 heavy (non-hydrogen) atoms. The summed E-state index contributed by atoms with van der Waals surface area (Å²) in [7, 11) is 1.76. The summed E-state index contributed by atoms with van der Waals surface area (Å²) >= 11 is 0. The number of aryl methyl sites for hydroxylation is 1. The fraction of sp³-hybridized carbons (Fsp3) is 0.357. The molecule has 0 saturated heterocycles. The van der Waals surface area contributed by atoms with E-state index in [1.807, 2.05) is 10.7 Å². The Hall–Kier alpha value is -1.75. The highest BCUT2D eigenvalue weighted by atomic mass is 19.1. The lowest BCUT2D eigenvalue weighted by molar-refractivity contribution is 0.527. The van der Waals surface area contributed by atoms with Gasteiger partial charge in [-0.1, -0.05) is 6.92 Å². The fourth-order valence-corrected chi connectivity index (χ4v) is 2.21. The van der Waals surface area contributed by atoms with Gasteiger partial charge in [0.15, 0.2) is 0 Å². The largest absolute Gasteiger partial charge is 0.308 e. The maximum atomic E-state index is 13.3. The van der Waals surface area contributed by atoms with Crippen LogP contribution in [0, 0.1) is 11.6 Å². The first-order valence-corrected chi connectivity index (χ1v) is 6.30. The molecule has 0 amide bonds. The molecule has 0 aliphatic carbocycles. The third-order valence-electron chi connectivity index (χ3n) is 2.99. The van der Waals surface area contributed by atoms with Crippen LogP contribution >= 0.6 is 0 Å². The van der Waals surface area contributed by atoms with Gasteiger partial charge in [-0.25, -0.2) is 8.78 Å². The number of aromatic nitrogens is 2. The van der Waals surface area contributed by atoms with Crippen molar-refractivity contribution >= 4 is 0 Å². The summed E-state index contributed by atoms with van der Waals surface area (Å²) in [4.78, 5) is 0. The van der Waals surface area contributed by atoms with Crippen LogP contribution in [-0.4, -0.2) is 16.8 Å². The van der Waals surface area contributed by atoms with Gasteiger partial charge in [-0.15, -0.1) is 0 Å². The molecule has 0 aliphatic heterocycles. The van der Waals surface area contributed by atoms with Crippen LogP contribution in [0.2, 0.25) is 0 Å². The lowest BCUT2D eigenvalue weighted by atomic mass is 10.0. The van der Waals surface area contributed by atoms with E-state index in [4.69, 9.17) is 0 Å². The number of halogens is 2. The van der Waals surface area contributed by atoms with E-state index in [0.717, 1.165) is 24.7 Å². The predicted octanol–water partition coefficient (Wildman–Crippen LogP) is 2.88. The highest BCUT2D eigenvalue weighted by Gasteiger charge is 2.17. The lowest BCUT2D eigenvalue weighted by Crippen LogP contribution is -2.22. The molecule has 102 valence electrons. The molecule has 0 radical (unpaired) electrons. The van der Waals surface area contributed by atoms with Crippen molar-refractivity contribution in [2.24, 2.45) is 0 Å². The molecule has 0 spiro atoms. The van der Waals surface area contributed by atoms with E-state index < -0.39 is 11.6 Å². The zero-order valence-electron chi connectivity index (χ0n) is 11.0. The SMILES string of the molecule is CCCn1nccc1C(NC)c1cc(F)cc(F)c1. The van der Waals surface area contributed by atoms with E-state index in [-0.39, 0.29) is 6.04 Å². The fourth-order valence-electron chi connectivity index (χ4n) is 2.21. The summed E-state index contributed by atoms with van der Waals surface area (Å²) in [5.74, 6) is -1.14. The van der Waals surface area contributed by atoms with Gasteiger partial charge in [0.1, 0.15) is 11.6 Å². The summed E-state index contributed by atoms with van der Waals surface area (Å²) in [5, 5.41) is 7.31. The summed E-state index contributed by atoms with van der Waals surface area (Å²) in [5.41, 5.74) is 1.45. The van der Waals surface area contributed by atoms with Crippen LogP contribution in [0.25, 0.3) is 0 Å². The molecule has 1 aromatic heterocycles. The Kier molecular flexibility index (Phi) is 4.27. The van der Waals surface area contributed by atoms with Crippen LogP contribution in [0.15, 0.2) is 30.5 Å². The Morgan fingerprint density at radius 3 is 2.53 bits per heavy atom. The molecule has 0 fully saturated rings. The molecule has 3 nitrogen and oxygen atoms in total. The minimum absolute atomic E-state index is 0.278. The molecule has 1 N–H and O–H groups in total. The van der Waals surface area contributed by atoms with Gasteiger partial charge in [-0.05, 0) is 37.2 Å². The average Bonchev–Trinajstić information content (AvgIpc) is 2.78. The van der Waals surface area contributed by atoms with E-state index in [0.29, 0.717) is 5.56 Å². The maximum absolute atomic E-state index is 13.3. The van der Waals surface area contributed by atoms with Crippen molar-refractivity contribution in [2.75, 3.05) is 7.05 Å². The second-order valence-electron chi connectivity index (χ2n) is 4.40. The third kappa shape index (κ3) is 2.98. The summed E-state index contributed by atoms with van der Waals surface area (Å²) in [6.07, 6.45) is 2.65.